The Morgan fingerprint density at radius 3 is 2.86 bits per heavy atom. The molecule has 5 unspecified atom stereocenters. The summed E-state index contributed by atoms with van der Waals surface area (Å²) in [7, 11) is 0. The Bertz CT molecular complexity index is 880. The van der Waals surface area contributed by atoms with E-state index in [4.69, 9.17) is 0 Å². The van der Waals surface area contributed by atoms with E-state index in [0.717, 1.165) is 42.5 Å². The zero-order valence-corrected chi connectivity index (χ0v) is 17.8. The molecule has 0 aliphatic heterocycles. The first kappa shape index (κ1) is 19.1. The number of fused-ring (bicyclic) bond motifs is 5. The van der Waals surface area contributed by atoms with Gasteiger partial charge in [-0.15, -0.1) is 0 Å². The van der Waals surface area contributed by atoms with Crippen LogP contribution in [0, 0.1) is 17.3 Å². The van der Waals surface area contributed by atoms with Gasteiger partial charge in [0.25, 0.3) is 0 Å². The summed E-state index contributed by atoms with van der Waals surface area (Å²) in [6.07, 6.45) is 10.5. The molecule has 1 heterocycles. The van der Waals surface area contributed by atoms with Gasteiger partial charge in [0.1, 0.15) is 5.75 Å². The molecule has 0 radical (unpaired) electrons. The molecule has 3 heteroatoms. The number of aromatic nitrogens is 1. The fourth-order valence-corrected chi connectivity index (χ4v) is 7.00. The molecule has 3 nitrogen and oxygen atoms in total. The third-order valence-electron chi connectivity index (χ3n) is 8.56. The highest BCUT2D eigenvalue weighted by atomic mass is 16.3. The second kappa shape index (κ2) is 7.43. The predicted octanol–water partition coefficient (Wildman–Crippen LogP) is 5.36. The number of aromatic hydroxyl groups is 1. The molecule has 29 heavy (non-hydrogen) atoms. The van der Waals surface area contributed by atoms with Crippen molar-refractivity contribution in [3.63, 3.8) is 0 Å². The Morgan fingerprint density at radius 2 is 2.07 bits per heavy atom. The molecule has 2 saturated carbocycles. The average molecular weight is 391 g/mol. The van der Waals surface area contributed by atoms with Crippen LogP contribution in [0.25, 0.3) is 0 Å². The predicted molar refractivity (Wildman–Crippen MR) is 117 cm³/mol. The van der Waals surface area contributed by atoms with Crippen molar-refractivity contribution in [3.05, 3.63) is 58.9 Å². The minimum atomic E-state index is 0.401. The number of nitrogens with one attached hydrogen (secondary N) is 1. The summed E-state index contributed by atoms with van der Waals surface area (Å²) >= 11 is 0. The van der Waals surface area contributed by atoms with Gasteiger partial charge in [0.05, 0.1) is 5.69 Å². The van der Waals surface area contributed by atoms with Gasteiger partial charge < -0.3 is 10.4 Å². The molecule has 0 bridgehead atoms. The van der Waals surface area contributed by atoms with Crippen LogP contribution in [0.5, 0.6) is 5.75 Å². The molecule has 154 valence electrons. The minimum Gasteiger partial charge on any atom is -0.508 e. The molecular weight excluding hydrogens is 356 g/mol. The van der Waals surface area contributed by atoms with Gasteiger partial charge in [-0.25, -0.2) is 0 Å². The van der Waals surface area contributed by atoms with Crippen molar-refractivity contribution in [2.75, 3.05) is 0 Å². The molecule has 0 spiro atoms. The molecular formula is C26H34N2O. The molecule has 5 atom stereocenters. The molecule has 3 aliphatic carbocycles. The third-order valence-corrected chi connectivity index (χ3v) is 8.56. The first-order chi connectivity index (χ1) is 14.1. The van der Waals surface area contributed by atoms with Gasteiger partial charge >= 0.3 is 0 Å². The highest BCUT2D eigenvalue weighted by molar-refractivity contribution is 5.45. The zero-order valence-electron chi connectivity index (χ0n) is 17.8. The number of phenols is 1. The number of phenolic OH excluding ortho intramolecular Hbond substituents is 1. The number of pyridine rings is 1. The second-order valence-corrected chi connectivity index (χ2v) is 9.83. The van der Waals surface area contributed by atoms with Crippen molar-refractivity contribution in [2.24, 2.45) is 17.3 Å². The highest BCUT2D eigenvalue weighted by Crippen LogP contribution is 2.61. The van der Waals surface area contributed by atoms with E-state index in [2.05, 4.69) is 48.4 Å². The fourth-order valence-electron chi connectivity index (χ4n) is 7.00. The van der Waals surface area contributed by atoms with E-state index >= 15 is 0 Å². The Hall–Kier alpha value is -1.87. The molecule has 0 amide bonds. The van der Waals surface area contributed by atoms with E-state index in [1.165, 1.54) is 37.7 Å². The first-order valence-electron chi connectivity index (χ1n) is 11.6. The van der Waals surface area contributed by atoms with Gasteiger partial charge in [-0.1, -0.05) is 26.0 Å². The number of nitrogens with zero attached hydrogens (tertiary/aromatic N) is 1. The Balaban J connectivity index is 1.36. The number of hydrogen-bond acceptors (Lipinski definition) is 3. The molecule has 0 saturated heterocycles. The highest BCUT2D eigenvalue weighted by Gasteiger charge is 2.54. The van der Waals surface area contributed by atoms with Gasteiger partial charge in [-0.2, -0.15) is 0 Å². The number of aryl methyl sites for hydroxylation is 2. The SMILES string of the molecule is CCc1cc2c(cc1O)CCC1C2CCC2(C)C(NCc3ccccn3)CCC12. The van der Waals surface area contributed by atoms with E-state index < -0.39 is 0 Å². The molecule has 3 aliphatic rings. The van der Waals surface area contributed by atoms with Gasteiger partial charge in [0.2, 0.25) is 0 Å². The summed E-state index contributed by atoms with van der Waals surface area (Å²) in [5, 5.41) is 14.2. The van der Waals surface area contributed by atoms with Crippen molar-refractivity contribution in [1.29, 1.82) is 0 Å². The Labute approximate surface area is 175 Å². The standard InChI is InChI=1S/C26H34N2O/c1-3-17-14-22-18(15-24(17)29)7-8-21-20(22)11-12-26(2)23(21)9-10-25(26)28-16-19-6-4-5-13-27-19/h4-6,13-15,20-21,23,25,28-29H,3,7-12,16H2,1-2H3. The third kappa shape index (κ3) is 3.18. The van der Waals surface area contributed by atoms with Crippen molar-refractivity contribution in [3.8, 4) is 5.75 Å². The zero-order chi connectivity index (χ0) is 20.0. The lowest BCUT2D eigenvalue weighted by Crippen LogP contribution is -2.48. The Kier molecular flexibility index (Phi) is 4.90. The van der Waals surface area contributed by atoms with Gasteiger partial charge in [-0.05, 0) is 103 Å². The van der Waals surface area contributed by atoms with Crippen molar-refractivity contribution < 1.29 is 5.11 Å². The monoisotopic (exact) mass is 390 g/mol. The van der Waals surface area contributed by atoms with Crippen LogP contribution in [-0.2, 0) is 19.4 Å². The summed E-state index contributed by atoms with van der Waals surface area (Å²) in [5.74, 6) is 2.81. The lowest BCUT2D eigenvalue weighted by atomic mass is 9.55. The normalized spacial score (nSPS) is 33.0. The van der Waals surface area contributed by atoms with E-state index in [1.807, 2.05) is 12.3 Å². The van der Waals surface area contributed by atoms with Crippen molar-refractivity contribution in [1.82, 2.24) is 10.3 Å². The van der Waals surface area contributed by atoms with Crippen molar-refractivity contribution >= 4 is 0 Å². The quantitative estimate of drug-likeness (QED) is 0.738. The van der Waals surface area contributed by atoms with Gasteiger partial charge in [0.15, 0.2) is 0 Å². The minimum absolute atomic E-state index is 0.401. The van der Waals surface area contributed by atoms with E-state index in [9.17, 15) is 5.11 Å². The number of benzene rings is 1. The molecule has 1 aromatic heterocycles. The van der Waals surface area contributed by atoms with Crippen LogP contribution in [-0.4, -0.2) is 16.1 Å². The number of hydrogen-bond donors (Lipinski definition) is 2. The molecule has 2 fully saturated rings. The molecule has 1 aromatic carbocycles. The summed E-state index contributed by atoms with van der Waals surface area (Å²) in [5.41, 5.74) is 5.64. The lowest BCUT2D eigenvalue weighted by molar-refractivity contribution is 0.0407. The van der Waals surface area contributed by atoms with E-state index in [-0.39, 0.29) is 0 Å². The molecule has 2 N–H and O–H groups in total. The van der Waals surface area contributed by atoms with Crippen molar-refractivity contribution in [2.45, 2.75) is 77.3 Å². The summed E-state index contributed by atoms with van der Waals surface area (Å²) < 4.78 is 0. The van der Waals surface area contributed by atoms with Crippen LogP contribution >= 0.6 is 0 Å². The fraction of sp³-hybridized carbons (Fsp3) is 0.577. The maximum absolute atomic E-state index is 10.3. The molecule has 5 rings (SSSR count). The van der Waals surface area contributed by atoms with Crippen LogP contribution in [0.2, 0.25) is 0 Å². The smallest absolute Gasteiger partial charge is 0.119 e. The summed E-state index contributed by atoms with van der Waals surface area (Å²) in [6.45, 7) is 5.58. The number of rotatable bonds is 4. The van der Waals surface area contributed by atoms with Crippen LogP contribution in [0.15, 0.2) is 36.5 Å². The summed E-state index contributed by atoms with van der Waals surface area (Å²) in [4.78, 5) is 4.50. The maximum atomic E-state index is 10.3. The summed E-state index contributed by atoms with van der Waals surface area (Å²) in [6, 6.07) is 11.2. The Morgan fingerprint density at radius 1 is 1.17 bits per heavy atom. The van der Waals surface area contributed by atoms with Gasteiger partial charge in [-0.3, -0.25) is 4.98 Å². The van der Waals surface area contributed by atoms with E-state index in [1.54, 1.807) is 5.56 Å². The van der Waals surface area contributed by atoms with Crippen LogP contribution in [0.3, 0.4) is 0 Å². The average Bonchev–Trinajstić information content (AvgIpc) is 3.08. The van der Waals surface area contributed by atoms with Crippen LogP contribution in [0.1, 0.15) is 74.3 Å². The first-order valence-corrected chi connectivity index (χ1v) is 11.6. The maximum Gasteiger partial charge on any atom is 0.119 e. The van der Waals surface area contributed by atoms with Crippen LogP contribution in [0.4, 0.5) is 0 Å². The second-order valence-electron chi connectivity index (χ2n) is 9.83. The molecule has 2 aromatic rings. The topological polar surface area (TPSA) is 45.1 Å². The lowest BCUT2D eigenvalue weighted by Gasteiger charge is -2.51. The largest absolute Gasteiger partial charge is 0.508 e. The van der Waals surface area contributed by atoms with Crippen LogP contribution < -0.4 is 5.32 Å². The van der Waals surface area contributed by atoms with Gasteiger partial charge in [0, 0.05) is 18.8 Å². The van der Waals surface area contributed by atoms with E-state index in [0.29, 0.717) is 23.1 Å².